The molecule has 0 spiro atoms. The number of methoxy groups -OCH3 is 1. The third kappa shape index (κ3) is 6.28. The number of piperazine rings is 1. The Morgan fingerprint density at radius 2 is 1.80 bits per heavy atom. The summed E-state index contributed by atoms with van der Waals surface area (Å²) in [7, 11) is 1.62. The molecule has 1 aliphatic heterocycles. The van der Waals surface area contributed by atoms with Crippen molar-refractivity contribution < 1.29 is 23.7 Å². The minimum Gasteiger partial charge on any atom is -0.496 e. The van der Waals surface area contributed by atoms with E-state index in [1.165, 1.54) is 21.4 Å². The highest BCUT2D eigenvalue weighted by molar-refractivity contribution is 5.76. The lowest BCUT2D eigenvalue weighted by Gasteiger charge is -2.29. The molecular formula is C24H34FN3O2+2. The second-order valence-electron chi connectivity index (χ2n) is 8.13. The lowest BCUT2D eigenvalue weighted by Crippen LogP contribution is -3.28. The maximum absolute atomic E-state index is 13.6. The monoisotopic (exact) mass is 415 g/mol. The van der Waals surface area contributed by atoms with Crippen LogP contribution >= 0.6 is 0 Å². The number of nitrogens with one attached hydrogen (secondary N) is 3. The van der Waals surface area contributed by atoms with Gasteiger partial charge in [-0.1, -0.05) is 37.3 Å². The Kier molecular flexibility index (Phi) is 8.22. The SMILES string of the molecule is CC[C@@H](CNC(=O)C[NH+]1CC[NH+](Cc2cc(F)ccc2OC)CC1)c1ccccc1. The molecule has 0 radical (unpaired) electrons. The van der Waals surface area contributed by atoms with Crippen molar-refractivity contribution in [1.82, 2.24) is 5.32 Å². The molecule has 1 amide bonds. The number of ether oxygens (including phenoxy) is 1. The zero-order valence-electron chi connectivity index (χ0n) is 18.0. The maximum atomic E-state index is 13.6. The quantitative estimate of drug-likeness (QED) is 0.556. The zero-order chi connectivity index (χ0) is 21.3. The predicted octanol–water partition coefficient (Wildman–Crippen LogP) is 0.428. The molecule has 0 unspecified atom stereocenters. The summed E-state index contributed by atoms with van der Waals surface area (Å²) in [5, 5.41) is 3.13. The molecule has 1 fully saturated rings. The van der Waals surface area contributed by atoms with Crippen LogP contribution in [-0.2, 0) is 11.3 Å². The Hall–Kier alpha value is -2.44. The molecule has 162 valence electrons. The number of benzene rings is 2. The van der Waals surface area contributed by atoms with Gasteiger partial charge in [0.25, 0.3) is 5.91 Å². The average Bonchev–Trinajstić information content (AvgIpc) is 2.76. The molecule has 0 saturated carbocycles. The van der Waals surface area contributed by atoms with Gasteiger partial charge < -0.3 is 19.9 Å². The van der Waals surface area contributed by atoms with Gasteiger partial charge in [0.15, 0.2) is 6.54 Å². The van der Waals surface area contributed by atoms with Crippen molar-refractivity contribution in [3.63, 3.8) is 0 Å². The van der Waals surface area contributed by atoms with Gasteiger partial charge in [0.1, 0.15) is 44.3 Å². The van der Waals surface area contributed by atoms with Gasteiger partial charge in [0.05, 0.1) is 12.7 Å². The summed E-state index contributed by atoms with van der Waals surface area (Å²) >= 11 is 0. The molecule has 30 heavy (non-hydrogen) atoms. The van der Waals surface area contributed by atoms with Gasteiger partial charge in [-0.3, -0.25) is 4.79 Å². The number of hydrogen-bond acceptors (Lipinski definition) is 2. The van der Waals surface area contributed by atoms with Crippen molar-refractivity contribution in [1.29, 1.82) is 0 Å². The molecule has 1 atom stereocenters. The van der Waals surface area contributed by atoms with Crippen LogP contribution in [0.15, 0.2) is 48.5 Å². The largest absolute Gasteiger partial charge is 0.496 e. The van der Waals surface area contributed by atoms with Gasteiger partial charge >= 0.3 is 0 Å². The number of amides is 1. The first-order chi connectivity index (χ1) is 14.6. The Morgan fingerprint density at radius 3 is 2.47 bits per heavy atom. The highest BCUT2D eigenvalue weighted by Gasteiger charge is 2.26. The number of halogens is 1. The Morgan fingerprint density at radius 1 is 1.10 bits per heavy atom. The summed E-state index contributed by atoms with van der Waals surface area (Å²) in [5.74, 6) is 0.983. The maximum Gasteiger partial charge on any atom is 0.275 e. The fourth-order valence-electron chi connectivity index (χ4n) is 4.21. The lowest BCUT2D eigenvalue weighted by atomic mass is 9.96. The van der Waals surface area contributed by atoms with Gasteiger partial charge in [-0.2, -0.15) is 0 Å². The number of carbonyl (C=O) groups excluding carboxylic acids is 1. The van der Waals surface area contributed by atoms with E-state index < -0.39 is 0 Å². The van der Waals surface area contributed by atoms with E-state index in [0.717, 1.165) is 50.5 Å². The molecule has 1 saturated heterocycles. The highest BCUT2D eigenvalue weighted by Crippen LogP contribution is 2.18. The normalized spacial score (nSPS) is 19.8. The molecule has 6 heteroatoms. The molecular weight excluding hydrogens is 381 g/mol. The smallest absolute Gasteiger partial charge is 0.275 e. The van der Waals surface area contributed by atoms with Crippen LogP contribution in [-0.4, -0.2) is 52.3 Å². The third-order valence-electron chi connectivity index (χ3n) is 6.07. The van der Waals surface area contributed by atoms with E-state index >= 15 is 0 Å². The predicted molar refractivity (Wildman–Crippen MR) is 115 cm³/mol. The van der Waals surface area contributed by atoms with Crippen LogP contribution in [0.5, 0.6) is 5.75 Å². The molecule has 2 aromatic carbocycles. The Labute approximate surface area is 178 Å². The van der Waals surface area contributed by atoms with Gasteiger partial charge in [-0.25, -0.2) is 4.39 Å². The topological polar surface area (TPSA) is 47.2 Å². The summed E-state index contributed by atoms with van der Waals surface area (Å²) in [4.78, 5) is 15.2. The van der Waals surface area contributed by atoms with Crippen LogP contribution in [0.4, 0.5) is 4.39 Å². The van der Waals surface area contributed by atoms with Gasteiger partial charge in [-0.05, 0) is 30.2 Å². The number of hydrogen-bond donors (Lipinski definition) is 3. The summed E-state index contributed by atoms with van der Waals surface area (Å²) in [6, 6.07) is 15.0. The summed E-state index contributed by atoms with van der Waals surface area (Å²) in [6.07, 6.45) is 1.00. The minimum atomic E-state index is -0.230. The molecule has 0 aromatic heterocycles. The third-order valence-corrected chi connectivity index (χ3v) is 6.07. The zero-order valence-corrected chi connectivity index (χ0v) is 18.0. The van der Waals surface area contributed by atoms with E-state index in [1.807, 2.05) is 18.2 Å². The molecule has 0 aliphatic carbocycles. The van der Waals surface area contributed by atoms with Crippen molar-refractivity contribution >= 4 is 5.91 Å². The Balaban J connectivity index is 1.42. The van der Waals surface area contributed by atoms with Crippen LogP contribution in [0.2, 0.25) is 0 Å². The first-order valence-corrected chi connectivity index (χ1v) is 10.9. The first kappa shape index (κ1) is 22.2. The van der Waals surface area contributed by atoms with Crippen LogP contribution in [0.25, 0.3) is 0 Å². The van der Waals surface area contributed by atoms with Crippen LogP contribution in [0.3, 0.4) is 0 Å². The average molecular weight is 416 g/mol. The molecule has 2 aromatic rings. The van der Waals surface area contributed by atoms with E-state index in [9.17, 15) is 9.18 Å². The molecule has 3 rings (SSSR count). The fourth-order valence-corrected chi connectivity index (χ4v) is 4.21. The van der Waals surface area contributed by atoms with Gasteiger partial charge in [0.2, 0.25) is 0 Å². The number of rotatable bonds is 9. The second-order valence-corrected chi connectivity index (χ2v) is 8.13. The van der Waals surface area contributed by atoms with Crippen molar-refractivity contribution in [3.05, 3.63) is 65.5 Å². The minimum absolute atomic E-state index is 0.120. The lowest BCUT2D eigenvalue weighted by molar-refractivity contribution is -1.02. The Bertz CT molecular complexity index is 807. The first-order valence-electron chi connectivity index (χ1n) is 10.9. The van der Waals surface area contributed by atoms with Crippen molar-refractivity contribution in [3.8, 4) is 5.75 Å². The molecule has 3 N–H and O–H groups in total. The summed E-state index contributed by atoms with van der Waals surface area (Å²) in [5.41, 5.74) is 2.18. The number of quaternary nitrogens is 2. The fraction of sp³-hybridized carbons (Fsp3) is 0.458. The van der Waals surface area contributed by atoms with Crippen LogP contribution < -0.4 is 19.9 Å². The van der Waals surface area contributed by atoms with E-state index in [4.69, 9.17) is 4.74 Å². The van der Waals surface area contributed by atoms with Gasteiger partial charge in [0, 0.05) is 12.5 Å². The van der Waals surface area contributed by atoms with Crippen molar-refractivity contribution in [2.75, 3.05) is 46.4 Å². The highest BCUT2D eigenvalue weighted by atomic mass is 19.1. The van der Waals surface area contributed by atoms with E-state index in [0.29, 0.717) is 19.0 Å². The molecule has 5 nitrogen and oxygen atoms in total. The van der Waals surface area contributed by atoms with E-state index in [-0.39, 0.29) is 11.7 Å². The number of carbonyl (C=O) groups is 1. The molecule has 1 aliphatic rings. The van der Waals surface area contributed by atoms with Crippen LogP contribution in [0, 0.1) is 5.82 Å². The summed E-state index contributed by atoms with van der Waals surface area (Å²) in [6.45, 7) is 7.91. The van der Waals surface area contributed by atoms with Crippen molar-refractivity contribution in [2.24, 2.45) is 0 Å². The van der Waals surface area contributed by atoms with Crippen molar-refractivity contribution in [2.45, 2.75) is 25.8 Å². The summed E-state index contributed by atoms with van der Waals surface area (Å²) < 4.78 is 19.0. The molecule has 0 bridgehead atoms. The second kappa shape index (κ2) is 11.1. The standard InChI is InChI=1S/C24H32FN3O2/c1-3-19(20-7-5-4-6-8-20)16-26-24(29)18-28-13-11-27(12-14-28)17-21-15-22(25)9-10-23(21)30-2/h4-10,15,19H,3,11-14,16-18H2,1-2H3,(H,26,29)/p+2/t19-/m0/s1. The van der Waals surface area contributed by atoms with Crippen LogP contribution in [0.1, 0.15) is 30.4 Å². The van der Waals surface area contributed by atoms with Gasteiger partial charge in [-0.15, -0.1) is 0 Å². The van der Waals surface area contributed by atoms with E-state index in [1.54, 1.807) is 19.2 Å². The van der Waals surface area contributed by atoms with E-state index in [2.05, 4.69) is 24.4 Å². The molecule has 1 heterocycles.